The SMILES string of the molecule is CCc1cc(C(=O)N2CC[C@H](c3nc(N(C)C)ncc3-c3ccc(C(N)=O)cc3)C2)on1. The molecule has 9 heteroatoms. The summed E-state index contributed by atoms with van der Waals surface area (Å²) in [7, 11) is 3.78. The fourth-order valence-corrected chi connectivity index (χ4v) is 3.85. The quantitative estimate of drug-likeness (QED) is 0.633. The van der Waals surface area contributed by atoms with Gasteiger partial charge in [-0.05, 0) is 30.5 Å². The van der Waals surface area contributed by atoms with E-state index >= 15 is 0 Å². The number of likely N-dealkylation sites (tertiary alicyclic amines) is 1. The Balaban J connectivity index is 1.63. The molecule has 0 radical (unpaired) electrons. The molecule has 9 nitrogen and oxygen atoms in total. The number of hydrogen-bond donors (Lipinski definition) is 1. The number of primary amides is 1. The van der Waals surface area contributed by atoms with Gasteiger partial charge in [0.25, 0.3) is 5.91 Å². The maximum atomic E-state index is 12.9. The van der Waals surface area contributed by atoms with Gasteiger partial charge >= 0.3 is 0 Å². The van der Waals surface area contributed by atoms with E-state index in [0.29, 0.717) is 31.0 Å². The number of amides is 2. The zero-order chi connectivity index (χ0) is 22.8. The van der Waals surface area contributed by atoms with Crippen molar-refractivity contribution in [3.8, 4) is 11.1 Å². The standard InChI is InChI=1S/C23H26N6O3/c1-4-17-11-19(32-27-17)22(31)29-10-9-16(13-29)20-18(12-25-23(26-20)28(2)3)14-5-7-15(8-6-14)21(24)30/h5-8,11-12,16H,4,9-10,13H2,1-3H3,(H2,24,30)/t16-/m0/s1. The van der Waals surface area contributed by atoms with Crippen molar-refractivity contribution in [3.63, 3.8) is 0 Å². The second-order valence-corrected chi connectivity index (χ2v) is 8.08. The Labute approximate surface area is 186 Å². The molecular weight excluding hydrogens is 408 g/mol. The normalized spacial score (nSPS) is 15.7. The monoisotopic (exact) mass is 434 g/mol. The third kappa shape index (κ3) is 4.18. The van der Waals surface area contributed by atoms with Crippen molar-refractivity contribution in [3.05, 3.63) is 59.2 Å². The lowest BCUT2D eigenvalue weighted by Crippen LogP contribution is -2.28. The predicted octanol–water partition coefficient (Wildman–Crippen LogP) is 2.49. The Kier molecular flexibility index (Phi) is 5.89. The van der Waals surface area contributed by atoms with Crippen LogP contribution < -0.4 is 10.6 Å². The molecule has 1 saturated heterocycles. The van der Waals surface area contributed by atoms with Crippen molar-refractivity contribution < 1.29 is 14.1 Å². The Morgan fingerprint density at radius 3 is 2.62 bits per heavy atom. The van der Waals surface area contributed by atoms with E-state index in [0.717, 1.165) is 28.9 Å². The summed E-state index contributed by atoms with van der Waals surface area (Å²) in [5.74, 6) is 0.278. The van der Waals surface area contributed by atoms with Gasteiger partial charge in [-0.1, -0.05) is 24.2 Å². The van der Waals surface area contributed by atoms with Gasteiger partial charge in [0, 0.05) is 56.5 Å². The van der Waals surface area contributed by atoms with Crippen LogP contribution in [0, 0.1) is 0 Å². The number of nitrogens with zero attached hydrogens (tertiary/aromatic N) is 5. The first kappa shape index (κ1) is 21.5. The van der Waals surface area contributed by atoms with Crippen molar-refractivity contribution in [2.75, 3.05) is 32.1 Å². The summed E-state index contributed by atoms with van der Waals surface area (Å²) < 4.78 is 5.23. The van der Waals surface area contributed by atoms with Crippen LogP contribution in [0.5, 0.6) is 0 Å². The minimum Gasteiger partial charge on any atom is -0.366 e. The molecule has 2 N–H and O–H groups in total. The summed E-state index contributed by atoms with van der Waals surface area (Å²) in [5.41, 5.74) is 9.21. The third-order valence-electron chi connectivity index (χ3n) is 5.68. The smallest absolute Gasteiger partial charge is 0.292 e. The molecule has 2 amide bonds. The van der Waals surface area contributed by atoms with Crippen LogP contribution in [0.4, 0.5) is 5.95 Å². The molecule has 32 heavy (non-hydrogen) atoms. The molecule has 1 aliphatic heterocycles. The highest BCUT2D eigenvalue weighted by atomic mass is 16.5. The highest BCUT2D eigenvalue weighted by Crippen LogP contribution is 2.34. The number of nitrogens with two attached hydrogens (primary N) is 1. The number of anilines is 1. The first-order chi connectivity index (χ1) is 15.4. The number of hydrogen-bond acceptors (Lipinski definition) is 7. The minimum atomic E-state index is -0.473. The molecule has 0 spiro atoms. The van der Waals surface area contributed by atoms with E-state index in [9.17, 15) is 9.59 Å². The van der Waals surface area contributed by atoms with Crippen molar-refractivity contribution in [2.45, 2.75) is 25.7 Å². The van der Waals surface area contributed by atoms with Gasteiger partial charge in [0.1, 0.15) is 0 Å². The topological polar surface area (TPSA) is 118 Å². The maximum absolute atomic E-state index is 12.9. The van der Waals surface area contributed by atoms with Gasteiger partial charge in [-0.3, -0.25) is 9.59 Å². The lowest BCUT2D eigenvalue weighted by Gasteiger charge is -2.19. The molecule has 1 aromatic carbocycles. The molecule has 3 heterocycles. The van der Waals surface area contributed by atoms with Crippen molar-refractivity contribution in [1.82, 2.24) is 20.0 Å². The molecule has 4 rings (SSSR count). The Morgan fingerprint density at radius 2 is 2.00 bits per heavy atom. The highest BCUT2D eigenvalue weighted by Gasteiger charge is 2.32. The van der Waals surface area contributed by atoms with Gasteiger partial charge < -0.3 is 20.1 Å². The van der Waals surface area contributed by atoms with Gasteiger partial charge in [-0.25, -0.2) is 9.97 Å². The number of carbonyl (C=O) groups is 2. The van der Waals surface area contributed by atoms with Crippen LogP contribution in [0.15, 0.2) is 41.1 Å². The maximum Gasteiger partial charge on any atom is 0.292 e. The Bertz CT molecular complexity index is 1140. The second-order valence-electron chi connectivity index (χ2n) is 8.08. The van der Waals surface area contributed by atoms with E-state index in [2.05, 4.69) is 10.1 Å². The lowest BCUT2D eigenvalue weighted by atomic mass is 9.95. The fourth-order valence-electron chi connectivity index (χ4n) is 3.85. The van der Waals surface area contributed by atoms with Crippen LogP contribution in [-0.2, 0) is 6.42 Å². The van der Waals surface area contributed by atoms with Crippen molar-refractivity contribution in [1.29, 1.82) is 0 Å². The zero-order valence-corrected chi connectivity index (χ0v) is 18.4. The fraction of sp³-hybridized carbons (Fsp3) is 0.348. The number of carbonyl (C=O) groups excluding carboxylic acids is 2. The summed E-state index contributed by atoms with van der Waals surface area (Å²) in [4.78, 5) is 37.2. The largest absolute Gasteiger partial charge is 0.366 e. The van der Waals surface area contributed by atoms with Gasteiger partial charge in [-0.15, -0.1) is 0 Å². The van der Waals surface area contributed by atoms with Gasteiger partial charge in [0.05, 0.1) is 11.4 Å². The minimum absolute atomic E-state index is 0.0417. The van der Waals surface area contributed by atoms with E-state index in [-0.39, 0.29) is 17.6 Å². The van der Waals surface area contributed by atoms with E-state index in [1.165, 1.54) is 0 Å². The van der Waals surface area contributed by atoms with E-state index in [1.807, 2.05) is 38.1 Å². The molecule has 166 valence electrons. The first-order valence-corrected chi connectivity index (χ1v) is 10.6. The summed E-state index contributed by atoms with van der Waals surface area (Å²) >= 11 is 0. The van der Waals surface area contributed by atoms with Gasteiger partial charge in [0.2, 0.25) is 17.6 Å². The van der Waals surface area contributed by atoms with Gasteiger partial charge in [-0.2, -0.15) is 0 Å². The second kappa shape index (κ2) is 8.78. The van der Waals surface area contributed by atoms with Crippen LogP contribution in [0.25, 0.3) is 11.1 Å². The molecule has 0 bridgehead atoms. The van der Waals surface area contributed by atoms with Crippen molar-refractivity contribution >= 4 is 17.8 Å². The molecule has 1 fully saturated rings. The van der Waals surface area contributed by atoms with Crippen LogP contribution in [0.3, 0.4) is 0 Å². The molecule has 1 atom stereocenters. The van der Waals surface area contributed by atoms with Crippen molar-refractivity contribution in [2.24, 2.45) is 5.73 Å². The average Bonchev–Trinajstić information content (AvgIpc) is 3.48. The number of benzene rings is 1. The van der Waals surface area contributed by atoms with E-state index < -0.39 is 5.91 Å². The van der Waals surface area contributed by atoms with E-state index in [4.69, 9.17) is 15.2 Å². The molecule has 0 unspecified atom stereocenters. The van der Waals surface area contributed by atoms with Crippen LogP contribution >= 0.6 is 0 Å². The molecule has 2 aromatic heterocycles. The third-order valence-corrected chi connectivity index (χ3v) is 5.68. The predicted molar refractivity (Wildman–Crippen MR) is 119 cm³/mol. The number of aromatic nitrogens is 3. The van der Waals surface area contributed by atoms with Crippen LogP contribution in [-0.4, -0.2) is 59.0 Å². The highest BCUT2D eigenvalue weighted by molar-refractivity contribution is 5.93. The summed E-state index contributed by atoms with van der Waals surface area (Å²) in [6.45, 7) is 3.09. The summed E-state index contributed by atoms with van der Waals surface area (Å²) in [5, 5.41) is 3.93. The Morgan fingerprint density at radius 1 is 1.25 bits per heavy atom. The summed E-state index contributed by atoms with van der Waals surface area (Å²) in [6.07, 6.45) is 3.29. The summed E-state index contributed by atoms with van der Waals surface area (Å²) in [6, 6.07) is 8.78. The molecular formula is C23H26N6O3. The lowest BCUT2D eigenvalue weighted by molar-refractivity contribution is 0.0749. The Hall–Kier alpha value is -3.75. The van der Waals surface area contributed by atoms with E-state index in [1.54, 1.807) is 29.3 Å². The number of aryl methyl sites for hydroxylation is 1. The molecule has 0 aliphatic carbocycles. The van der Waals surface area contributed by atoms with Crippen LogP contribution in [0.2, 0.25) is 0 Å². The number of rotatable bonds is 6. The molecule has 0 saturated carbocycles. The molecule has 3 aromatic rings. The van der Waals surface area contributed by atoms with Gasteiger partial charge in [0.15, 0.2) is 0 Å². The van der Waals surface area contributed by atoms with Crippen LogP contribution in [0.1, 0.15) is 51.6 Å². The first-order valence-electron chi connectivity index (χ1n) is 10.6. The average molecular weight is 435 g/mol. The zero-order valence-electron chi connectivity index (χ0n) is 18.4. The molecule has 1 aliphatic rings.